The molecule has 8 heteroatoms. The molecule has 0 aromatic heterocycles. The summed E-state index contributed by atoms with van der Waals surface area (Å²) in [5, 5.41) is 2.78. The highest BCUT2D eigenvalue weighted by molar-refractivity contribution is 7.92. The van der Waals surface area contributed by atoms with Crippen LogP contribution in [0.3, 0.4) is 0 Å². The number of anilines is 1. The molecule has 0 aliphatic rings. The van der Waals surface area contributed by atoms with E-state index in [2.05, 4.69) is 5.32 Å². The molecule has 1 amide bonds. The third kappa shape index (κ3) is 5.64. The normalized spacial score (nSPS) is 12.1. The van der Waals surface area contributed by atoms with Gasteiger partial charge in [0.2, 0.25) is 5.91 Å². The molecule has 1 N–H and O–H groups in total. The number of sulfonamides is 1. The average Bonchev–Trinajstić information content (AvgIpc) is 2.79. The number of nitrogens with zero attached hydrogens (tertiary/aromatic N) is 1. The Morgan fingerprint density at radius 1 is 1.00 bits per heavy atom. The topological polar surface area (TPSA) is 75.7 Å². The summed E-state index contributed by atoms with van der Waals surface area (Å²) in [4.78, 5) is 12.9. The maximum Gasteiger partial charge on any atom is 0.264 e. The van der Waals surface area contributed by atoms with Crippen molar-refractivity contribution in [1.29, 1.82) is 0 Å². The quantitative estimate of drug-likeness (QED) is 0.521. The Bertz CT molecular complexity index is 1130. The van der Waals surface area contributed by atoms with Crippen LogP contribution in [0.5, 0.6) is 5.75 Å². The lowest BCUT2D eigenvalue weighted by molar-refractivity contribution is -0.120. The Balaban J connectivity index is 1.86. The van der Waals surface area contributed by atoms with Crippen LogP contribution in [0.15, 0.2) is 83.8 Å². The Morgan fingerprint density at radius 3 is 2.22 bits per heavy atom. The van der Waals surface area contributed by atoms with Crippen molar-refractivity contribution in [2.75, 3.05) is 17.5 Å². The molecule has 32 heavy (non-hydrogen) atoms. The first-order chi connectivity index (χ1) is 15.3. The van der Waals surface area contributed by atoms with Crippen molar-refractivity contribution >= 4 is 21.6 Å². The lowest BCUT2D eigenvalue weighted by Crippen LogP contribution is -2.41. The molecule has 0 fully saturated rings. The smallest absolute Gasteiger partial charge is 0.264 e. The number of amides is 1. The van der Waals surface area contributed by atoms with Crippen molar-refractivity contribution in [2.24, 2.45) is 0 Å². The Morgan fingerprint density at radius 2 is 1.62 bits per heavy atom. The Hall–Kier alpha value is -3.39. The highest BCUT2D eigenvalue weighted by atomic mass is 32.2. The van der Waals surface area contributed by atoms with E-state index < -0.39 is 28.5 Å². The highest BCUT2D eigenvalue weighted by Gasteiger charge is 2.27. The van der Waals surface area contributed by atoms with E-state index in [1.807, 2.05) is 6.92 Å². The van der Waals surface area contributed by atoms with Gasteiger partial charge in [0, 0.05) is 0 Å². The number of carbonyl (C=O) groups excluding carboxylic acids is 1. The van der Waals surface area contributed by atoms with Gasteiger partial charge in [-0.15, -0.1) is 0 Å². The van der Waals surface area contributed by atoms with Gasteiger partial charge in [-0.1, -0.05) is 30.3 Å². The third-order valence-corrected chi connectivity index (χ3v) is 6.59. The van der Waals surface area contributed by atoms with Gasteiger partial charge in [0.15, 0.2) is 0 Å². The second-order valence-electron chi connectivity index (χ2n) is 7.09. The molecule has 1 unspecified atom stereocenters. The first-order valence-electron chi connectivity index (χ1n) is 10.2. The fourth-order valence-corrected chi connectivity index (χ4v) is 4.60. The minimum Gasteiger partial charge on any atom is -0.494 e. The molecular formula is C24H25FN2O4S. The minimum absolute atomic E-state index is 0.0771. The molecule has 0 saturated carbocycles. The van der Waals surface area contributed by atoms with E-state index in [4.69, 9.17) is 4.74 Å². The monoisotopic (exact) mass is 456 g/mol. The number of ether oxygens (including phenoxy) is 1. The molecule has 3 aromatic carbocycles. The fraction of sp³-hybridized carbons (Fsp3) is 0.208. The molecule has 0 aliphatic heterocycles. The van der Waals surface area contributed by atoms with Crippen LogP contribution >= 0.6 is 0 Å². The van der Waals surface area contributed by atoms with Gasteiger partial charge in [-0.2, -0.15) is 0 Å². The second-order valence-corrected chi connectivity index (χ2v) is 8.95. The first-order valence-corrected chi connectivity index (χ1v) is 11.6. The largest absolute Gasteiger partial charge is 0.494 e. The number of rotatable bonds is 9. The van der Waals surface area contributed by atoms with Gasteiger partial charge >= 0.3 is 0 Å². The van der Waals surface area contributed by atoms with Crippen LogP contribution in [-0.4, -0.2) is 27.5 Å². The zero-order valence-corrected chi connectivity index (χ0v) is 18.7. The summed E-state index contributed by atoms with van der Waals surface area (Å²) in [5.74, 6) is -0.263. The summed E-state index contributed by atoms with van der Waals surface area (Å²) in [7, 11) is -4.00. The van der Waals surface area contributed by atoms with Gasteiger partial charge in [0.1, 0.15) is 18.1 Å². The van der Waals surface area contributed by atoms with Crippen molar-refractivity contribution in [3.05, 3.63) is 90.2 Å². The minimum atomic E-state index is -4.00. The number of carbonyl (C=O) groups is 1. The van der Waals surface area contributed by atoms with Crippen molar-refractivity contribution < 1.29 is 22.3 Å². The van der Waals surface area contributed by atoms with Gasteiger partial charge in [-0.25, -0.2) is 12.8 Å². The van der Waals surface area contributed by atoms with Crippen LogP contribution in [0.2, 0.25) is 0 Å². The standard InChI is InChI=1S/C24H25FN2O4S/c1-3-31-22-15-13-21(14-16-22)27(32(29,30)23-7-5-4-6-8-23)17-24(28)26-18(2)19-9-11-20(25)12-10-19/h4-16,18H,3,17H2,1-2H3,(H,26,28). The molecule has 3 aromatic rings. The van der Waals surface area contributed by atoms with E-state index in [1.54, 1.807) is 61.5 Å². The number of halogens is 1. The maximum absolute atomic E-state index is 13.3. The zero-order chi connectivity index (χ0) is 23.1. The van der Waals surface area contributed by atoms with Crippen LogP contribution < -0.4 is 14.4 Å². The molecule has 168 valence electrons. The predicted molar refractivity (Wildman–Crippen MR) is 122 cm³/mol. The summed E-state index contributed by atoms with van der Waals surface area (Å²) >= 11 is 0. The zero-order valence-electron chi connectivity index (χ0n) is 17.9. The number of benzene rings is 3. The highest BCUT2D eigenvalue weighted by Crippen LogP contribution is 2.26. The molecule has 0 spiro atoms. The van der Waals surface area contributed by atoms with Crippen molar-refractivity contribution in [1.82, 2.24) is 5.32 Å². The lowest BCUT2D eigenvalue weighted by atomic mass is 10.1. The van der Waals surface area contributed by atoms with Crippen molar-refractivity contribution in [3.8, 4) is 5.75 Å². The van der Waals surface area contributed by atoms with E-state index in [-0.39, 0.29) is 10.7 Å². The summed E-state index contributed by atoms with van der Waals surface area (Å²) in [6.07, 6.45) is 0. The fourth-order valence-electron chi connectivity index (χ4n) is 3.16. The average molecular weight is 457 g/mol. The number of hydrogen-bond acceptors (Lipinski definition) is 4. The molecule has 0 heterocycles. The van der Waals surface area contributed by atoms with Gasteiger partial charge in [-0.3, -0.25) is 9.10 Å². The molecule has 0 radical (unpaired) electrons. The summed E-state index contributed by atoms with van der Waals surface area (Å²) in [5.41, 5.74) is 1.04. The lowest BCUT2D eigenvalue weighted by Gasteiger charge is -2.25. The molecule has 6 nitrogen and oxygen atoms in total. The molecule has 0 saturated heterocycles. The van der Waals surface area contributed by atoms with Gasteiger partial charge < -0.3 is 10.1 Å². The van der Waals surface area contributed by atoms with Gasteiger partial charge in [-0.05, 0) is 67.9 Å². The van der Waals surface area contributed by atoms with Crippen molar-refractivity contribution in [2.45, 2.75) is 24.8 Å². The maximum atomic E-state index is 13.3. The SMILES string of the molecule is CCOc1ccc(N(CC(=O)NC(C)c2ccc(F)cc2)S(=O)(=O)c2ccccc2)cc1. The van der Waals surface area contributed by atoms with Crippen molar-refractivity contribution in [3.63, 3.8) is 0 Å². The second kappa shape index (κ2) is 10.3. The first kappa shape index (κ1) is 23.3. The van der Waals surface area contributed by atoms with Crippen LogP contribution in [0, 0.1) is 5.82 Å². The van der Waals surface area contributed by atoms with E-state index in [9.17, 15) is 17.6 Å². The van der Waals surface area contributed by atoms with E-state index in [1.165, 1.54) is 24.3 Å². The molecule has 0 bridgehead atoms. The number of nitrogens with one attached hydrogen (secondary N) is 1. The Kier molecular flexibility index (Phi) is 7.48. The third-order valence-electron chi connectivity index (χ3n) is 4.80. The molecule has 1 atom stereocenters. The van der Waals surface area contributed by atoms with Crippen LogP contribution in [-0.2, 0) is 14.8 Å². The number of hydrogen-bond donors (Lipinski definition) is 1. The molecule has 0 aliphatic carbocycles. The van der Waals surface area contributed by atoms with Crippen LogP contribution in [0.1, 0.15) is 25.5 Å². The molecular weight excluding hydrogens is 431 g/mol. The predicted octanol–water partition coefficient (Wildman–Crippen LogP) is 4.30. The van der Waals surface area contributed by atoms with Crippen LogP contribution in [0.4, 0.5) is 10.1 Å². The van der Waals surface area contributed by atoms with Gasteiger partial charge in [0.25, 0.3) is 10.0 Å². The molecule has 3 rings (SSSR count). The van der Waals surface area contributed by atoms with E-state index in [0.717, 1.165) is 4.31 Å². The summed E-state index contributed by atoms with van der Waals surface area (Å²) in [6.45, 7) is 3.66. The van der Waals surface area contributed by atoms with Gasteiger partial charge in [0.05, 0.1) is 23.2 Å². The summed E-state index contributed by atoms with van der Waals surface area (Å²) < 4.78 is 46.4. The van der Waals surface area contributed by atoms with Crippen LogP contribution in [0.25, 0.3) is 0 Å². The Labute approximate surface area is 187 Å². The summed E-state index contributed by atoms with van der Waals surface area (Å²) in [6, 6.07) is 19.8. The van der Waals surface area contributed by atoms with E-state index >= 15 is 0 Å². The van der Waals surface area contributed by atoms with E-state index in [0.29, 0.717) is 23.6 Å².